The molecule has 0 spiro atoms. The molecule has 1 fully saturated rings. The lowest BCUT2D eigenvalue weighted by Gasteiger charge is -2.33. The second-order valence-corrected chi connectivity index (χ2v) is 13.6. The van der Waals surface area contributed by atoms with Gasteiger partial charge in [0.2, 0.25) is 5.95 Å². The quantitative estimate of drug-likeness (QED) is 0.399. The summed E-state index contributed by atoms with van der Waals surface area (Å²) in [6, 6.07) is 12.3. The first-order chi connectivity index (χ1) is 19.5. The Morgan fingerprint density at radius 2 is 1.68 bits per heavy atom. The molecule has 41 heavy (non-hydrogen) atoms. The van der Waals surface area contributed by atoms with Crippen molar-refractivity contribution in [1.29, 1.82) is 0 Å². The highest BCUT2D eigenvalue weighted by molar-refractivity contribution is 7.92. The number of sulfone groups is 1. The molecule has 0 atom stereocenters. The van der Waals surface area contributed by atoms with Crippen LogP contribution < -0.4 is 5.32 Å². The van der Waals surface area contributed by atoms with E-state index < -0.39 is 26.8 Å². The van der Waals surface area contributed by atoms with E-state index in [0.717, 1.165) is 28.7 Å². The number of rotatable bonds is 6. The molecule has 0 unspecified atom stereocenters. The van der Waals surface area contributed by atoms with E-state index >= 15 is 0 Å². The Kier molecular flexibility index (Phi) is 7.95. The van der Waals surface area contributed by atoms with E-state index in [1.807, 2.05) is 51.1 Å². The van der Waals surface area contributed by atoms with Gasteiger partial charge in [-0.2, -0.15) is 0 Å². The predicted octanol–water partition coefficient (Wildman–Crippen LogP) is 5.69. The van der Waals surface area contributed by atoms with Gasteiger partial charge in [0.05, 0.1) is 10.1 Å². The first-order valence-electron chi connectivity index (χ1n) is 13.7. The lowest BCUT2D eigenvalue weighted by molar-refractivity contribution is 0.0217. The smallest absolute Gasteiger partial charge is 0.410 e. The van der Waals surface area contributed by atoms with Crippen LogP contribution in [0.1, 0.15) is 67.1 Å². The third kappa shape index (κ3) is 6.65. The minimum Gasteiger partial charge on any atom is -0.444 e. The molecule has 2 aliphatic rings. The molecular formula is C31H34N4O5S. The maximum atomic E-state index is 13.2. The number of hydrogen-bond acceptors (Lipinski definition) is 8. The van der Waals surface area contributed by atoms with Crippen LogP contribution >= 0.6 is 0 Å². The molecule has 2 aromatic carbocycles. The summed E-state index contributed by atoms with van der Waals surface area (Å²) < 4.78 is 31.9. The zero-order valence-corrected chi connectivity index (χ0v) is 24.3. The molecule has 5 rings (SSSR count). The summed E-state index contributed by atoms with van der Waals surface area (Å²) in [5.41, 5.74) is 3.81. The van der Waals surface area contributed by atoms with Gasteiger partial charge in [-0.3, -0.25) is 4.79 Å². The average molecular weight is 575 g/mol. The Morgan fingerprint density at radius 1 is 1.00 bits per heavy atom. The number of hydrogen-bond donors (Lipinski definition) is 1. The molecule has 3 aromatic rings. The van der Waals surface area contributed by atoms with Crippen LogP contribution in [0.15, 0.2) is 59.8 Å². The van der Waals surface area contributed by atoms with Gasteiger partial charge in [-0.15, -0.1) is 0 Å². The Morgan fingerprint density at radius 3 is 2.34 bits per heavy atom. The highest BCUT2D eigenvalue weighted by Crippen LogP contribution is 2.28. The second-order valence-electron chi connectivity index (χ2n) is 11.3. The van der Waals surface area contributed by atoms with Crippen LogP contribution in [0.25, 0.3) is 12.2 Å². The second kappa shape index (κ2) is 11.4. The predicted molar refractivity (Wildman–Crippen MR) is 158 cm³/mol. The number of Topliss-reactive ketones (excluding diaryl/α,β-unsaturated/α-hetero) is 1. The normalized spacial score (nSPS) is 16.2. The number of nitrogens with zero attached hydrogens (tertiary/aromatic N) is 3. The minimum absolute atomic E-state index is 0.195. The number of nitrogens with one attached hydrogen (secondary N) is 1. The van der Waals surface area contributed by atoms with Crippen LogP contribution in [0.4, 0.5) is 16.4 Å². The molecular weight excluding hydrogens is 540 g/mol. The fourth-order valence-corrected chi connectivity index (χ4v) is 6.81. The molecule has 0 radical (unpaired) electrons. The molecule has 2 heterocycles. The maximum absolute atomic E-state index is 13.2. The average Bonchev–Trinajstić information content (AvgIpc) is 3.33. The molecule has 1 N–H and O–H groups in total. The van der Waals surface area contributed by atoms with Gasteiger partial charge in [-0.1, -0.05) is 30.4 Å². The van der Waals surface area contributed by atoms with E-state index in [2.05, 4.69) is 15.3 Å². The number of likely N-dealkylation sites (tertiary alicyclic amines) is 1. The number of aromatic nitrogens is 2. The van der Waals surface area contributed by atoms with Gasteiger partial charge in [-0.05, 0) is 75.4 Å². The molecule has 0 bridgehead atoms. The van der Waals surface area contributed by atoms with E-state index in [9.17, 15) is 18.0 Å². The molecule has 214 valence electrons. The molecule has 1 aliphatic carbocycles. The van der Waals surface area contributed by atoms with Crippen LogP contribution in [-0.4, -0.2) is 59.1 Å². The number of anilines is 2. The first-order valence-corrected chi connectivity index (χ1v) is 15.3. The van der Waals surface area contributed by atoms with Gasteiger partial charge in [0.15, 0.2) is 15.6 Å². The standard InChI is InChI=1S/C31H34N4O5S/c1-31(2,3)40-30(37)35-17-15-25(16-18-35)41(38,39)24-11-9-23(10-12-24)34-29-32-19-21(20-33-29)7-8-22-5-4-6-27-26(22)13-14-28(27)36/h4-12,19-20,25H,13-18H2,1-3H3,(H,32,33,34)/b8-7+. The number of benzene rings is 2. The van der Waals surface area contributed by atoms with Gasteiger partial charge in [0, 0.05) is 48.7 Å². The Hall–Kier alpha value is -4.05. The first kappa shape index (κ1) is 28.5. The summed E-state index contributed by atoms with van der Waals surface area (Å²) in [4.78, 5) is 34.9. The lowest BCUT2D eigenvalue weighted by atomic mass is 10.0. The number of piperidine rings is 1. The van der Waals surface area contributed by atoms with E-state index in [1.165, 1.54) is 0 Å². The zero-order valence-electron chi connectivity index (χ0n) is 23.5. The fourth-order valence-electron chi connectivity index (χ4n) is 5.07. The lowest BCUT2D eigenvalue weighted by Crippen LogP contribution is -2.44. The largest absolute Gasteiger partial charge is 0.444 e. The van der Waals surface area contributed by atoms with Crippen molar-refractivity contribution in [3.05, 3.63) is 77.1 Å². The topological polar surface area (TPSA) is 119 Å². The minimum atomic E-state index is -3.54. The Bertz CT molecular complexity index is 1570. The molecule has 0 saturated carbocycles. The van der Waals surface area contributed by atoms with E-state index in [0.29, 0.717) is 44.0 Å². The van der Waals surface area contributed by atoms with Crippen molar-refractivity contribution in [2.75, 3.05) is 18.4 Å². The van der Waals surface area contributed by atoms with Gasteiger partial charge >= 0.3 is 6.09 Å². The molecule has 1 saturated heterocycles. The number of ketones is 1. The van der Waals surface area contributed by atoms with Crippen molar-refractivity contribution in [3.63, 3.8) is 0 Å². The van der Waals surface area contributed by atoms with E-state index in [-0.39, 0.29) is 10.7 Å². The van der Waals surface area contributed by atoms with Gasteiger partial charge in [0.1, 0.15) is 5.60 Å². The van der Waals surface area contributed by atoms with Crippen molar-refractivity contribution in [1.82, 2.24) is 14.9 Å². The Labute approximate surface area is 240 Å². The molecule has 1 amide bonds. The van der Waals surface area contributed by atoms with Crippen molar-refractivity contribution >= 4 is 45.5 Å². The van der Waals surface area contributed by atoms with Crippen molar-refractivity contribution in [2.45, 2.75) is 62.2 Å². The fraction of sp³-hybridized carbons (Fsp3) is 0.355. The monoisotopic (exact) mass is 574 g/mol. The number of carbonyl (C=O) groups excluding carboxylic acids is 2. The highest BCUT2D eigenvalue weighted by atomic mass is 32.2. The van der Waals surface area contributed by atoms with Crippen LogP contribution in [0, 0.1) is 0 Å². The summed E-state index contributed by atoms with van der Waals surface area (Å²) in [5, 5.41) is 2.55. The summed E-state index contributed by atoms with van der Waals surface area (Å²) in [7, 11) is -3.54. The summed E-state index contributed by atoms with van der Waals surface area (Å²) in [6.07, 6.45) is 8.93. The van der Waals surface area contributed by atoms with E-state index in [1.54, 1.807) is 41.6 Å². The van der Waals surface area contributed by atoms with Gasteiger partial charge in [-0.25, -0.2) is 23.2 Å². The molecule has 1 aliphatic heterocycles. The number of amides is 1. The summed E-state index contributed by atoms with van der Waals surface area (Å²) >= 11 is 0. The summed E-state index contributed by atoms with van der Waals surface area (Å²) in [5.74, 6) is 0.582. The number of carbonyl (C=O) groups is 2. The van der Waals surface area contributed by atoms with Gasteiger partial charge < -0.3 is 15.0 Å². The van der Waals surface area contributed by atoms with Gasteiger partial charge in [0.25, 0.3) is 0 Å². The summed E-state index contributed by atoms with van der Waals surface area (Å²) in [6.45, 7) is 6.11. The zero-order chi connectivity index (χ0) is 29.2. The van der Waals surface area contributed by atoms with Crippen molar-refractivity contribution in [2.24, 2.45) is 0 Å². The van der Waals surface area contributed by atoms with E-state index in [4.69, 9.17) is 4.74 Å². The SMILES string of the molecule is CC(C)(C)OC(=O)N1CCC(S(=O)(=O)c2ccc(Nc3ncc(/C=C/c4cccc5c4CCC5=O)cn3)cc2)CC1. The highest BCUT2D eigenvalue weighted by Gasteiger charge is 2.34. The third-order valence-electron chi connectivity index (χ3n) is 7.21. The number of fused-ring (bicyclic) bond motifs is 1. The number of ether oxygens (including phenoxy) is 1. The van der Waals surface area contributed by atoms with Crippen LogP contribution in [-0.2, 0) is 21.0 Å². The molecule has 9 nitrogen and oxygen atoms in total. The maximum Gasteiger partial charge on any atom is 0.410 e. The van der Waals surface area contributed by atoms with Crippen molar-refractivity contribution < 1.29 is 22.7 Å². The van der Waals surface area contributed by atoms with Crippen LogP contribution in [0.2, 0.25) is 0 Å². The van der Waals surface area contributed by atoms with Crippen molar-refractivity contribution in [3.8, 4) is 0 Å². The van der Waals surface area contributed by atoms with Crippen LogP contribution in [0.3, 0.4) is 0 Å². The van der Waals surface area contributed by atoms with Crippen LogP contribution in [0.5, 0.6) is 0 Å². The third-order valence-corrected chi connectivity index (χ3v) is 9.49. The Balaban J connectivity index is 1.17. The molecule has 10 heteroatoms. The molecule has 1 aromatic heterocycles.